The first-order chi connectivity index (χ1) is 5.84. The molecule has 0 radical (unpaired) electrons. The van der Waals surface area contributed by atoms with Crippen molar-refractivity contribution in [2.75, 3.05) is 6.54 Å². The maximum atomic E-state index is 5.83. The molecule has 1 N–H and O–H groups in total. The summed E-state index contributed by atoms with van der Waals surface area (Å²) in [5.74, 6) is 0. The minimum Gasteiger partial charge on any atom is -0.305 e. The lowest BCUT2D eigenvalue weighted by Crippen LogP contribution is -2.16. The Morgan fingerprint density at radius 3 is 3.08 bits per heavy atom. The zero-order valence-corrected chi connectivity index (χ0v) is 8.94. The summed E-state index contributed by atoms with van der Waals surface area (Å²) in [6, 6.07) is 4.06. The molecule has 0 spiro atoms. The SMILES string of the molecule is Clc1ccc(SC2CCCN2)s1. The quantitative estimate of drug-likeness (QED) is 0.820. The second-order valence-corrected chi connectivity index (χ2v) is 5.98. The van der Waals surface area contributed by atoms with Crippen molar-refractivity contribution >= 4 is 34.7 Å². The van der Waals surface area contributed by atoms with Crippen LogP contribution in [0.2, 0.25) is 4.34 Å². The van der Waals surface area contributed by atoms with Crippen molar-refractivity contribution in [3.8, 4) is 0 Å². The van der Waals surface area contributed by atoms with Gasteiger partial charge in [-0.2, -0.15) is 0 Å². The van der Waals surface area contributed by atoms with Gasteiger partial charge < -0.3 is 5.32 Å². The first-order valence-corrected chi connectivity index (χ1v) is 6.07. The molecule has 1 aliphatic heterocycles. The fourth-order valence-electron chi connectivity index (χ4n) is 1.25. The summed E-state index contributed by atoms with van der Waals surface area (Å²) >= 11 is 9.39. The minimum atomic E-state index is 0.611. The summed E-state index contributed by atoms with van der Waals surface area (Å²) in [5.41, 5.74) is 0. The smallest absolute Gasteiger partial charge is 0.0940 e. The van der Waals surface area contributed by atoms with E-state index in [4.69, 9.17) is 11.6 Å². The fourth-order valence-corrected chi connectivity index (χ4v) is 3.89. The van der Waals surface area contributed by atoms with Crippen LogP contribution < -0.4 is 5.32 Å². The second-order valence-electron chi connectivity index (χ2n) is 2.76. The first-order valence-electron chi connectivity index (χ1n) is 4.00. The molecule has 0 saturated carbocycles. The van der Waals surface area contributed by atoms with Crippen LogP contribution in [0.25, 0.3) is 0 Å². The van der Waals surface area contributed by atoms with E-state index in [-0.39, 0.29) is 0 Å². The van der Waals surface area contributed by atoms with Crippen molar-refractivity contribution in [2.24, 2.45) is 0 Å². The lowest BCUT2D eigenvalue weighted by atomic mass is 10.4. The Morgan fingerprint density at radius 2 is 2.50 bits per heavy atom. The number of hydrogen-bond donors (Lipinski definition) is 1. The molecular weight excluding hydrogens is 210 g/mol. The van der Waals surface area contributed by atoms with E-state index in [1.54, 1.807) is 11.3 Å². The van der Waals surface area contributed by atoms with E-state index in [1.807, 2.05) is 17.8 Å². The van der Waals surface area contributed by atoms with Gasteiger partial charge in [0.15, 0.2) is 0 Å². The highest BCUT2D eigenvalue weighted by molar-refractivity contribution is 8.01. The average molecular weight is 220 g/mol. The summed E-state index contributed by atoms with van der Waals surface area (Å²) < 4.78 is 2.20. The molecule has 1 aromatic rings. The number of nitrogens with one attached hydrogen (secondary N) is 1. The van der Waals surface area contributed by atoms with Gasteiger partial charge in [0, 0.05) is 0 Å². The summed E-state index contributed by atoms with van der Waals surface area (Å²) in [7, 11) is 0. The molecule has 1 aromatic heterocycles. The summed E-state index contributed by atoms with van der Waals surface area (Å²) in [5, 5.41) is 4.05. The third kappa shape index (κ3) is 2.16. The van der Waals surface area contributed by atoms with Crippen molar-refractivity contribution in [3.63, 3.8) is 0 Å². The van der Waals surface area contributed by atoms with Crippen LogP contribution in [0.4, 0.5) is 0 Å². The number of thiophene rings is 1. The molecule has 4 heteroatoms. The molecule has 2 rings (SSSR count). The molecule has 1 fully saturated rings. The Hall–Kier alpha value is 0.300. The molecule has 1 unspecified atom stereocenters. The summed E-state index contributed by atoms with van der Waals surface area (Å²) in [6.45, 7) is 1.16. The van der Waals surface area contributed by atoms with Gasteiger partial charge in [0.25, 0.3) is 0 Å². The molecule has 1 saturated heterocycles. The fraction of sp³-hybridized carbons (Fsp3) is 0.500. The topological polar surface area (TPSA) is 12.0 Å². The van der Waals surface area contributed by atoms with Crippen LogP contribution in [0.1, 0.15) is 12.8 Å². The monoisotopic (exact) mass is 219 g/mol. The highest BCUT2D eigenvalue weighted by atomic mass is 35.5. The number of hydrogen-bond acceptors (Lipinski definition) is 3. The van der Waals surface area contributed by atoms with Crippen molar-refractivity contribution < 1.29 is 0 Å². The lowest BCUT2D eigenvalue weighted by molar-refractivity contribution is 0.807. The van der Waals surface area contributed by atoms with Crippen LogP contribution in [0, 0.1) is 0 Å². The Morgan fingerprint density at radius 1 is 1.58 bits per heavy atom. The second kappa shape index (κ2) is 4.01. The van der Waals surface area contributed by atoms with Gasteiger partial charge in [-0.15, -0.1) is 11.3 Å². The van der Waals surface area contributed by atoms with Crippen LogP contribution in [0.5, 0.6) is 0 Å². The van der Waals surface area contributed by atoms with Crippen LogP contribution in [0.15, 0.2) is 16.3 Å². The van der Waals surface area contributed by atoms with Crippen LogP contribution in [0.3, 0.4) is 0 Å². The minimum absolute atomic E-state index is 0.611. The van der Waals surface area contributed by atoms with E-state index in [0.717, 1.165) is 10.9 Å². The van der Waals surface area contributed by atoms with Crippen molar-refractivity contribution in [3.05, 3.63) is 16.5 Å². The maximum Gasteiger partial charge on any atom is 0.0940 e. The number of halogens is 1. The molecule has 1 nitrogen and oxygen atoms in total. The lowest BCUT2D eigenvalue weighted by Gasteiger charge is -2.06. The zero-order chi connectivity index (χ0) is 8.39. The van der Waals surface area contributed by atoms with Gasteiger partial charge in [-0.3, -0.25) is 0 Å². The zero-order valence-electron chi connectivity index (χ0n) is 6.55. The van der Waals surface area contributed by atoms with Crippen molar-refractivity contribution in [1.82, 2.24) is 5.32 Å². The molecule has 1 atom stereocenters. The van der Waals surface area contributed by atoms with Crippen molar-refractivity contribution in [1.29, 1.82) is 0 Å². The van der Waals surface area contributed by atoms with E-state index >= 15 is 0 Å². The number of rotatable bonds is 2. The Kier molecular flexibility index (Phi) is 2.96. The first kappa shape index (κ1) is 8.88. The molecule has 0 bridgehead atoms. The average Bonchev–Trinajstić information content (AvgIpc) is 2.63. The van der Waals surface area contributed by atoms with Gasteiger partial charge in [0.05, 0.1) is 13.9 Å². The highest BCUT2D eigenvalue weighted by Gasteiger charge is 2.15. The van der Waals surface area contributed by atoms with Gasteiger partial charge >= 0.3 is 0 Å². The van der Waals surface area contributed by atoms with E-state index in [0.29, 0.717) is 5.37 Å². The predicted molar refractivity (Wildman–Crippen MR) is 56.2 cm³/mol. The third-order valence-electron chi connectivity index (χ3n) is 1.82. The molecule has 66 valence electrons. The summed E-state index contributed by atoms with van der Waals surface area (Å²) in [6.07, 6.45) is 2.58. The van der Waals surface area contributed by atoms with Gasteiger partial charge in [0.1, 0.15) is 0 Å². The molecule has 0 aromatic carbocycles. The van der Waals surface area contributed by atoms with Gasteiger partial charge in [-0.25, -0.2) is 0 Å². The third-order valence-corrected chi connectivity index (χ3v) is 4.44. The van der Waals surface area contributed by atoms with Crippen molar-refractivity contribution in [2.45, 2.75) is 22.4 Å². The Balaban J connectivity index is 1.94. The molecule has 1 aliphatic rings. The van der Waals surface area contributed by atoms with E-state index in [9.17, 15) is 0 Å². The Labute approximate surface area is 85.5 Å². The highest BCUT2D eigenvalue weighted by Crippen LogP contribution is 2.34. The normalized spacial score (nSPS) is 23.2. The van der Waals surface area contributed by atoms with Gasteiger partial charge in [0.2, 0.25) is 0 Å². The largest absolute Gasteiger partial charge is 0.305 e. The molecule has 0 amide bonds. The summed E-state index contributed by atoms with van der Waals surface area (Å²) in [4.78, 5) is 0. The van der Waals surface area contributed by atoms with E-state index in [2.05, 4.69) is 11.4 Å². The Bertz CT molecular complexity index is 255. The van der Waals surface area contributed by atoms with Crippen LogP contribution >= 0.6 is 34.7 Å². The standard InChI is InChI=1S/C8H10ClNS2/c9-6-3-4-8(11-6)12-7-2-1-5-10-7/h3-4,7,10H,1-2,5H2. The molecule has 12 heavy (non-hydrogen) atoms. The van der Waals surface area contributed by atoms with Crippen LogP contribution in [-0.4, -0.2) is 11.9 Å². The number of thioether (sulfide) groups is 1. The van der Waals surface area contributed by atoms with Crippen LogP contribution in [-0.2, 0) is 0 Å². The van der Waals surface area contributed by atoms with E-state index in [1.165, 1.54) is 17.1 Å². The molecule has 2 heterocycles. The predicted octanol–water partition coefficient (Wildman–Crippen LogP) is 3.20. The molecular formula is C8H10ClNS2. The van der Waals surface area contributed by atoms with E-state index < -0.39 is 0 Å². The van der Waals surface area contributed by atoms with Gasteiger partial charge in [-0.05, 0) is 31.5 Å². The van der Waals surface area contributed by atoms with Gasteiger partial charge in [-0.1, -0.05) is 23.4 Å². The molecule has 0 aliphatic carbocycles. The maximum absolute atomic E-state index is 5.83.